The molecule has 0 radical (unpaired) electrons. The third-order valence-corrected chi connectivity index (χ3v) is 3.17. The first-order chi connectivity index (χ1) is 8.33. The van der Waals surface area contributed by atoms with Crippen LogP contribution in [0.15, 0.2) is 48.5 Å². The molecular formula is C15H12ClN. The van der Waals surface area contributed by atoms with E-state index >= 15 is 0 Å². The Hall–Kier alpha value is -1.73. The van der Waals surface area contributed by atoms with Crippen LogP contribution in [0.5, 0.6) is 0 Å². The largest absolute Gasteiger partial charge is 0.372 e. The second kappa shape index (κ2) is 4.27. The normalized spacial score (nSPS) is 17.4. The maximum Gasteiger partial charge on any atom is 0.120 e. The van der Waals surface area contributed by atoms with E-state index in [-0.39, 0.29) is 5.50 Å². The molecule has 1 atom stereocenters. The minimum absolute atomic E-state index is 0.117. The standard InChI is InChI=1S/C15H12ClN/c16-15-9-14-8-12(6-7-13(14)10-17-15)11-4-2-1-3-5-11/h1-10,15,17H. The summed E-state index contributed by atoms with van der Waals surface area (Å²) in [5.74, 6) is 0. The van der Waals surface area contributed by atoms with Gasteiger partial charge in [-0.25, -0.2) is 0 Å². The highest BCUT2D eigenvalue weighted by Crippen LogP contribution is 2.15. The molecule has 1 N–H and O–H groups in total. The van der Waals surface area contributed by atoms with Crippen LogP contribution in [0.1, 0.15) is 0 Å². The highest BCUT2D eigenvalue weighted by molar-refractivity contribution is 6.23. The van der Waals surface area contributed by atoms with Gasteiger partial charge in [0.15, 0.2) is 0 Å². The van der Waals surface area contributed by atoms with Gasteiger partial charge >= 0.3 is 0 Å². The first-order valence-electron chi connectivity index (χ1n) is 5.60. The molecule has 1 nitrogen and oxygen atoms in total. The molecule has 1 heterocycles. The van der Waals surface area contributed by atoms with Crippen molar-refractivity contribution in [2.75, 3.05) is 0 Å². The molecule has 1 unspecified atom stereocenters. The van der Waals surface area contributed by atoms with Gasteiger partial charge in [0.2, 0.25) is 0 Å². The number of hydrogen-bond donors (Lipinski definition) is 1. The van der Waals surface area contributed by atoms with E-state index in [2.05, 4.69) is 47.8 Å². The Kier molecular flexibility index (Phi) is 2.62. The van der Waals surface area contributed by atoms with Crippen molar-refractivity contribution >= 4 is 23.9 Å². The number of halogens is 1. The van der Waals surface area contributed by atoms with Crippen molar-refractivity contribution in [1.82, 2.24) is 5.32 Å². The summed E-state index contributed by atoms with van der Waals surface area (Å²) >= 11 is 6.04. The predicted molar refractivity (Wildman–Crippen MR) is 72.8 cm³/mol. The van der Waals surface area contributed by atoms with Crippen LogP contribution >= 0.6 is 11.6 Å². The summed E-state index contributed by atoms with van der Waals surface area (Å²) in [6.07, 6.45) is 3.99. The van der Waals surface area contributed by atoms with Crippen LogP contribution in [0.3, 0.4) is 0 Å². The van der Waals surface area contributed by atoms with Crippen LogP contribution in [-0.2, 0) is 0 Å². The van der Waals surface area contributed by atoms with Crippen LogP contribution in [0.4, 0.5) is 0 Å². The molecule has 0 aliphatic carbocycles. The summed E-state index contributed by atoms with van der Waals surface area (Å²) in [5.41, 5.74) is 2.33. The maximum atomic E-state index is 6.04. The molecule has 84 valence electrons. The van der Waals surface area contributed by atoms with E-state index in [0.717, 1.165) is 0 Å². The minimum Gasteiger partial charge on any atom is -0.372 e. The fourth-order valence-electron chi connectivity index (χ4n) is 2.04. The highest BCUT2D eigenvalue weighted by atomic mass is 35.5. The zero-order chi connectivity index (χ0) is 11.7. The molecule has 3 rings (SSSR count). The Morgan fingerprint density at radius 2 is 1.71 bits per heavy atom. The average molecular weight is 242 g/mol. The van der Waals surface area contributed by atoms with Gasteiger partial charge in [0.25, 0.3) is 0 Å². The lowest BCUT2D eigenvalue weighted by Crippen LogP contribution is -2.36. The molecule has 2 aromatic rings. The molecule has 0 saturated carbocycles. The van der Waals surface area contributed by atoms with E-state index in [9.17, 15) is 0 Å². The minimum atomic E-state index is -0.117. The third kappa shape index (κ3) is 2.06. The van der Waals surface area contributed by atoms with Gasteiger partial charge in [0.05, 0.1) is 0 Å². The Balaban J connectivity index is 2.17. The van der Waals surface area contributed by atoms with Crippen LogP contribution < -0.4 is 15.8 Å². The lowest BCUT2D eigenvalue weighted by Gasteiger charge is -2.10. The van der Waals surface area contributed by atoms with E-state index in [1.54, 1.807) is 0 Å². The van der Waals surface area contributed by atoms with Gasteiger partial charge in [-0.15, -0.1) is 0 Å². The van der Waals surface area contributed by atoms with Gasteiger partial charge in [-0.2, -0.15) is 0 Å². The Morgan fingerprint density at radius 1 is 0.882 bits per heavy atom. The third-order valence-electron chi connectivity index (χ3n) is 2.92. The van der Waals surface area contributed by atoms with E-state index in [1.807, 2.05) is 18.3 Å². The molecule has 1 aliphatic heterocycles. The van der Waals surface area contributed by atoms with E-state index in [0.29, 0.717) is 0 Å². The smallest absolute Gasteiger partial charge is 0.120 e. The van der Waals surface area contributed by atoms with Crippen LogP contribution in [0.2, 0.25) is 0 Å². The molecule has 0 bridgehead atoms. The average Bonchev–Trinajstić information content (AvgIpc) is 2.39. The quantitative estimate of drug-likeness (QED) is 0.595. The number of rotatable bonds is 1. The number of nitrogens with one attached hydrogen (secondary N) is 1. The van der Waals surface area contributed by atoms with Crippen molar-refractivity contribution in [3.05, 3.63) is 59.0 Å². The summed E-state index contributed by atoms with van der Waals surface area (Å²) < 4.78 is 0. The van der Waals surface area contributed by atoms with Gasteiger partial charge in [0, 0.05) is 6.20 Å². The van der Waals surface area contributed by atoms with Crippen molar-refractivity contribution in [3.63, 3.8) is 0 Å². The Labute approximate surface area is 105 Å². The summed E-state index contributed by atoms with van der Waals surface area (Å²) in [6.45, 7) is 0. The lowest BCUT2D eigenvalue weighted by atomic mass is 10.0. The first kappa shape index (κ1) is 10.4. The molecular weight excluding hydrogens is 230 g/mol. The summed E-state index contributed by atoms with van der Waals surface area (Å²) in [4.78, 5) is 0. The predicted octanol–water partition coefficient (Wildman–Crippen LogP) is 2.04. The van der Waals surface area contributed by atoms with Crippen LogP contribution in [0.25, 0.3) is 23.4 Å². The number of benzene rings is 2. The second-order valence-electron chi connectivity index (χ2n) is 4.09. The molecule has 17 heavy (non-hydrogen) atoms. The SMILES string of the molecule is ClC1C=c2cc(-c3ccccc3)ccc2=CN1. The fourth-order valence-corrected chi connectivity index (χ4v) is 2.23. The summed E-state index contributed by atoms with van der Waals surface area (Å²) in [6, 6.07) is 16.8. The van der Waals surface area contributed by atoms with Gasteiger partial charge in [-0.05, 0) is 33.7 Å². The number of fused-ring (bicyclic) bond motifs is 1. The highest BCUT2D eigenvalue weighted by Gasteiger charge is 2.03. The van der Waals surface area contributed by atoms with Gasteiger partial charge < -0.3 is 5.32 Å². The van der Waals surface area contributed by atoms with Crippen molar-refractivity contribution < 1.29 is 0 Å². The van der Waals surface area contributed by atoms with E-state index in [1.165, 1.54) is 21.6 Å². The Bertz CT molecular complexity index is 646. The lowest BCUT2D eigenvalue weighted by molar-refractivity contribution is 0.981. The summed E-state index contributed by atoms with van der Waals surface area (Å²) in [5, 5.41) is 5.45. The molecule has 2 aromatic carbocycles. The number of hydrogen-bond acceptors (Lipinski definition) is 1. The molecule has 0 amide bonds. The van der Waals surface area contributed by atoms with Crippen LogP contribution in [-0.4, -0.2) is 5.50 Å². The molecule has 1 aliphatic rings. The first-order valence-corrected chi connectivity index (χ1v) is 6.04. The van der Waals surface area contributed by atoms with Crippen molar-refractivity contribution in [2.45, 2.75) is 5.50 Å². The monoisotopic (exact) mass is 241 g/mol. The molecule has 0 spiro atoms. The topological polar surface area (TPSA) is 12.0 Å². The van der Waals surface area contributed by atoms with Crippen molar-refractivity contribution in [1.29, 1.82) is 0 Å². The van der Waals surface area contributed by atoms with Crippen molar-refractivity contribution in [3.8, 4) is 11.1 Å². The maximum absolute atomic E-state index is 6.04. The molecule has 2 heteroatoms. The summed E-state index contributed by atoms with van der Waals surface area (Å²) in [7, 11) is 0. The molecule has 0 fully saturated rings. The van der Waals surface area contributed by atoms with Gasteiger partial charge in [0.1, 0.15) is 5.50 Å². The fraction of sp³-hybridized carbons (Fsp3) is 0.0667. The zero-order valence-corrected chi connectivity index (χ0v) is 9.98. The number of alkyl halides is 1. The molecule has 0 aromatic heterocycles. The Morgan fingerprint density at radius 3 is 2.53 bits per heavy atom. The van der Waals surface area contributed by atoms with Crippen LogP contribution in [0, 0.1) is 0 Å². The molecule has 0 saturated heterocycles. The van der Waals surface area contributed by atoms with Gasteiger partial charge in [-0.1, -0.05) is 54.1 Å². The van der Waals surface area contributed by atoms with E-state index in [4.69, 9.17) is 11.6 Å². The van der Waals surface area contributed by atoms with Gasteiger partial charge in [-0.3, -0.25) is 0 Å². The second-order valence-corrected chi connectivity index (χ2v) is 4.56. The van der Waals surface area contributed by atoms with Crippen molar-refractivity contribution in [2.24, 2.45) is 0 Å². The zero-order valence-electron chi connectivity index (χ0n) is 9.23. The van der Waals surface area contributed by atoms with E-state index < -0.39 is 0 Å².